The van der Waals surface area contributed by atoms with E-state index in [-0.39, 0.29) is 54.7 Å². The van der Waals surface area contributed by atoms with E-state index in [1.54, 1.807) is 13.8 Å². The second-order valence-corrected chi connectivity index (χ2v) is 10.6. The first-order valence-corrected chi connectivity index (χ1v) is 19.2. The number of benzene rings is 1. The number of unbranched alkanes of at least 4 members (excludes halogenated alkanes) is 1. The minimum absolute atomic E-state index is 0.0475. The van der Waals surface area contributed by atoms with Gasteiger partial charge in [0.05, 0.1) is 76.0 Å². The predicted molar refractivity (Wildman–Crippen MR) is 218 cm³/mol. The number of hydrogen-bond donors (Lipinski definition) is 5. The number of alkyl carbamates (subject to hydrolysis) is 1. The van der Waals surface area contributed by atoms with Gasteiger partial charge >= 0.3 is 12.1 Å². The third-order valence-electron chi connectivity index (χ3n) is 6.10. The average molecular weight is 808 g/mol. The van der Waals surface area contributed by atoms with Gasteiger partial charge in [0, 0.05) is 26.1 Å². The maximum absolute atomic E-state index is 12.6. The molecule has 0 bridgehead atoms. The minimum atomic E-state index is -1.10. The molecule has 1 amide bonds. The number of carbonyl (C=O) groups excluding carboxylic acids is 3. The summed E-state index contributed by atoms with van der Waals surface area (Å²) in [6.07, 6.45) is -0.522. The van der Waals surface area contributed by atoms with Gasteiger partial charge in [0.2, 0.25) is 0 Å². The lowest BCUT2D eigenvalue weighted by molar-refractivity contribution is -0.386. The molecule has 0 fully saturated rings. The van der Waals surface area contributed by atoms with Crippen molar-refractivity contribution in [3.05, 3.63) is 27.8 Å². The number of esters is 1. The Balaban J connectivity index is -0.000000593. The number of rotatable bonds is 26. The molecule has 0 aliphatic heterocycles. The zero-order valence-corrected chi connectivity index (χ0v) is 35.5. The molecule has 0 saturated heterocycles. The number of nitro benzene ring substituents is 1. The first-order chi connectivity index (χ1) is 26.9. The molecule has 0 saturated carbocycles. The summed E-state index contributed by atoms with van der Waals surface area (Å²) in [7, 11) is 1.36. The van der Waals surface area contributed by atoms with Gasteiger partial charge in [-0.2, -0.15) is 0 Å². The number of nitro groups is 1. The highest BCUT2D eigenvalue weighted by atomic mass is 16.6. The zero-order chi connectivity index (χ0) is 43.7. The molecule has 2 atom stereocenters. The Labute approximate surface area is 334 Å². The molecule has 0 spiro atoms. The van der Waals surface area contributed by atoms with Crippen molar-refractivity contribution in [3.8, 4) is 11.5 Å². The second-order valence-electron chi connectivity index (χ2n) is 10.6. The highest BCUT2D eigenvalue weighted by Gasteiger charge is 2.28. The number of aldehydes is 1. The summed E-state index contributed by atoms with van der Waals surface area (Å²) >= 11 is 0. The third kappa shape index (κ3) is 32.0. The number of guanidine groups is 1. The van der Waals surface area contributed by atoms with Gasteiger partial charge in [-0.25, -0.2) is 9.59 Å². The molecule has 1 rings (SSSR count). The van der Waals surface area contributed by atoms with Gasteiger partial charge in [-0.05, 0) is 46.1 Å². The largest absolute Gasteiger partial charge is 0.493 e. The van der Waals surface area contributed by atoms with Crippen molar-refractivity contribution in [3.63, 3.8) is 0 Å². The first kappa shape index (κ1) is 58.4. The van der Waals surface area contributed by atoms with Crippen molar-refractivity contribution in [1.29, 1.82) is 0 Å². The zero-order valence-electron chi connectivity index (χ0n) is 35.5. The van der Waals surface area contributed by atoms with Crippen LogP contribution >= 0.6 is 0 Å². The molecule has 1 aromatic rings. The van der Waals surface area contributed by atoms with E-state index < -0.39 is 35.2 Å². The monoisotopic (exact) mass is 808 g/mol. The molecule has 56 heavy (non-hydrogen) atoms. The number of methoxy groups -OCH3 is 1. The molecule has 9 N–H and O–H groups in total. The lowest BCUT2D eigenvalue weighted by Gasteiger charge is -2.21. The van der Waals surface area contributed by atoms with E-state index in [4.69, 9.17) is 56.1 Å². The van der Waals surface area contributed by atoms with Crippen LogP contribution in [0.4, 0.5) is 10.5 Å². The van der Waals surface area contributed by atoms with E-state index >= 15 is 0 Å². The summed E-state index contributed by atoms with van der Waals surface area (Å²) in [5, 5.41) is 14.2. The van der Waals surface area contributed by atoms with Crippen molar-refractivity contribution in [2.24, 2.45) is 27.9 Å². The lowest BCUT2D eigenvalue weighted by Crippen LogP contribution is -2.43. The van der Waals surface area contributed by atoms with E-state index in [1.165, 1.54) is 26.2 Å². The number of nitrogens with zero attached hydrogens (tertiary/aromatic N) is 2. The van der Waals surface area contributed by atoms with Crippen molar-refractivity contribution in [2.45, 2.75) is 106 Å². The minimum Gasteiger partial charge on any atom is -0.493 e. The number of ether oxygens (including phenoxy) is 7. The van der Waals surface area contributed by atoms with Gasteiger partial charge in [0.1, 0.15) is 18.4 Å². The van der Waals surface area contributed by atoms with Crippen LogP contribution in [0.3, 0.4) is 0 Å². The average Bonchev–Trinajstić information content (AvgIpc) is 3.18. The van der Waals surface area contributed by atoms with Crippen LogP contribution in [0.2, 0.25) is 0 Å². The SMILES string of the molecule is CC.CC.CC.COc1cc(C(C)OC(=O)NC(CCCN=C(N)N)C(=O)OC(C)C)c([N+](=O)[O-])cc1OCCCC=O.NCCOCCOCCOCCN. The Bertz CT molecular complexity index is 1150. The fourth-order valence-corrected chi connectivity index (χ4v) is 3.85. The predicted octanol–water partition coefficient (Wildman–Crippen LogP) is 4.15. The van der Waals surface area contributed by atoms with Crippen molar-refractivity contribution >= 4 is 30.0 Å². The van der Waals surface area contributed by atoms with E-state index in [0.717, 1.165) is 6.29 Å². The van der Waals surface area contributed by atoms with Crippen LogP contribution in [0.1, 0.15) is 99.7 Å². The molecule has 0 aromatic heterocycles. The Kier molecular flexibility index (Phi) is 43.7. The van der Waals surface area contributed by atoms with Gasteiger partial charge in [0.15, 0.2) is 17.5 Å². The summed E-state index contributed by atoms with van der Waals surface area (Å²) < 4.78 is 36.7. The van der Waals surface area contributed by atoms with Crippen molar-refractivity contribution in [1.82, 2.24) is 5.32 Å². The van der Waals surface area contributed by atoms with Crippen LogP contribution < -0.4 is 37.7 Å². The molecular weight excluding hydrogens is 734 g/mol. The summed E-state index contributed by atoms with van der Waals surface area (Å²) in [5.74, 6) is -0.483. The van der Waals surface area contributed by atoms with Gasteiger partial charge in [-0.15, -0.1) is 0 Å². The summed E-state index contributed by atoms with van der Waals surface area (Å²) in [5.41, 5.74) is 20.7. The van der Waals surface area contributed by atoms with Gasteiger partial charge < -0.3 is 66.2 Å². The van der Waals surface area contributed by atoms with Gasteiger partial charge in [0.25, 0.3) is 5.69 Å². The topological polar surface area (TPSA) is 287 Å². The maximum Gasteiger partial charge on any atom is 0.408 e. The maximum atomic E-state index is 12.6. The van der Waals surface area contributed by atoms with Crippen LogP contribution in [0, 0.1) is 10.1 Å². The van der Waals surface area contributed by atoms with E-state index in [1.807, 2.05) is 41.5 Å². The fourth-order valence-electron chi connectivity index (χ4n) is 3.85. The fraction of sp³-hybridized carbons (Fsp3) is 0.730. The van der Waals surface area contributed by atoms with E-state index in [2.05, 4.69) is 10.3 Å². The van der Waals surface area contributed by atoms with Crippen molar-refractivity contribution in [2.75, 3.05) is 73.0 Å². The number of nitrogens with one attached hydrogen (secondary N) is 1. The standard InChI is InChI=1S/C23H35N5O9.C8H20N2O3.3C2H6/c1-14(2)36-21(30)17(8-7-9-26-22(24)25)27-23(31)37-15(3)16-12-19(34-4)20(13-18(16)28(32)33)35-11-6-5-10-29;9-1-3-11-5-7-13-8-6-12-4-2-10;3*1-2/h10,12-15,17H,5-9,11H2,1-4H3,(H,27,31)(H4,24,25,26);1-10H2;3*1-2H3. The Hall–Kier alpha value is -4.30. The molecule has 328 valence electrons. The molecule has 19 nitrogen and oxygen atoms in total. The summed E-state index contributed by atoms with van der Waals surface area (Å²) in [6.45, 7) is 21.8. The molecular formula is C37H73N7O12. The molecule has 0 radical (unpaired) electrons. The Morgan fingerprint density at radius 2 is 1.38 bits per heavy atom. The number of amides is 1. The molecule has 2 unspecified atom stereocenters. The lowest BCUT2D eigenvalue weighted by atomic mass is 10.1. The Morgan fingerprint density at radius 1 is 0.839 bits per heavy atom. The Morgan fingerprint density at radius 3 is 1.82 bits per heavy atom. The second kappa shape index (κ2) is 41.9. The van der Waals surface area contributed by atoms with E-state index in [9.17, 15) is 24.5 Å². The number of hydrogen-bond acceptors (Lipinski definition) is 15. The normalized spacial score (nSPS) is 10.8. The van der Waals surface area contributed by atoms with E-state index in [0.29, 0.717) is 65.6 Å². The van der Waals surface area contributed by atoms with Gasteiger partial charge in [-0.1, -0.05) is 41.5 Å². The molecule has 0 aliphatic rings. The van der Waals surface area contributed by atoms with Crippen LogP contribution in [0.5, 0.6) is 11.5 Å². The number of aliphatic imine (C=N–C) groups is 1. The molecule has 1 aromatic carbocycles. The number of nitrogens with two attached hydrogens (primary N) is 4. The molecule has 19 heteroatoms. The first-order valence-electron chi connectivity index (χ1n) is 19.2. The smallest absolute Gasteiger partial charge is 0.408 e. The molecule has 0 aliphatic carbocycles. The summed E-state index contributed by atoms with van der Waals surface area (Å²) in [4.78, 5) is 50.5. The molecule has 0 heterocycles. The van der Waals surface area contributed by atoms with Crippen LogP contribution in [0.15, 0.2) is 17.1 Å². The number of carbonyl (C=O) groups is 3. The van der Waals surface area contributed by atoms with Gasteiger partial charge in [-0.3, -0.25) is 15.1 Å². The van der Waals surface area contributed by atoms with Crippen LogP contribution in [-0.2, 0) is 33.3 Å². The highest BCUT2D eigenvalue weighted by molar-refractivity contribution is 5.81. The van der Waals surface area contributed by atoms with Crippen LogP contribution in [0.25, 0.3) is 0 Å². The summed E-state index contributed by atoms with van der Waals surface area (Å²) in [6, 6.07) is 1.45. The quantitative estimate of drug-likeness (QED) is 0.0167. The van der Waals surface area contributed by atoms with Crippen LogP contribution in [-0.4, -0.2) is 114 Å². The third-order valence-corrected chi connectivity index (χ3v) is 6.10. The van der Waals surface area contributed by atoms with Crippen molar-refractivity contribution < 1.29 is 52.5 Å². The highest BCUT2D eigenvalue weighted by Crippen LogP contribution is 2.38.